The van der Waals surface area contributed by atoms with Crippen molar-refractivity contribution in [1.29, 1.82) is 0 Å². The molecular weight excluding hydrogens is 312 g/mol. The van der Waals surface area contributed by atoms with Gasteiger partial charge >= 0.3 is 0 Å². The minimum atomic E-state index is -1.31. The van der Waals surface area contributed by atoms with Gasteiger partial charge in [0.25, 0.3) is 0 Å². The van der Waals surface area contributed by atoms with Crippen LogP contribution in [0.15, 0.2) is 53.6 Å². The molecule has 1 heterocycles. The number of hydrogen-bond donors (Lipinski definition) is 2. The third kappa shape index (κ3) is 3.55. The highest BCUT2D eigenvalue weighted by atomic mass is 32.2. The number of aromatic amines is 1. The van der Waals surface area contributed by atoms with Gasteiger partial charge in [0.1, 0.15) is 27.5 Å². The summed E-state index contributed by atoms with van der Waals surface area (Å²) in [6.07, 6.45) is 0. The largest absolute Gasteiger partial charge is 0.497 e. The molecule has 1 atom stereocenters. The van der Waals surface area contributed by atoms with E-state index in [1.54, 1.807) is 14.2 Å². The number of rotatable bonds is 6. The summed E-state index contributed by atoms with van der Waals surface area (Å²) in [5, 5.41) is 1.61. The first-order valence-electron chi connectivity index (χ1n) is 7.14. The van der Waals surface area contributed by atoms with Gasteiger partial charge in [-0.2, -0.15) is 0 Å². The van der Waals surface area contributed by atoms with Crippen LogP contribution >= 0.6 is 0 Å². The average molecular weight is 330 g/mol. The summed E-state index contributed by atoms with van der Waals surface area (Å²) in [7, 11) is 1.95. The predicted molar refractivity (Wildman–Crippen MR) is 91.1 cm³/mol. The highest BCUT2D eigenvalue weighted by Gasteiger charge is 2.08. The average Bonchev–Trinajstić information content (AvgIpc) is 3.03. The molecule has 3 rings (SSSR count). The molecule has 0 saturated carbocycles. The summed E-state index contributed by atoms with van der Waals surface area (Å²) < 4.78 is 25.7. The Labute approximate surface area is 137 Å². The lowest BCUT2D eigenvalue weighted by Crippen LogP contribution is -2.16. The second kappa shape index (κ2) is 6.85. The van der Waals surface area contributed by atoms with Gasteiger partial charge in [0.15, 0.2) is 0 Å². The predicted octanol–water partition coefficient (Wildman–Crippen LogP) is 3.00. The number of fused-ring (bicyclic) bond motifs is 1. The summed E-state index contributed by atoms with van der Waals surface area (Å²) in [6, 6.07) is 15.2. The van der Waals surface area contributed by atoms with E-state index in [2.05, 4.69) is 9.71 Å². The van der Waals surface area contributed by atoms with Crippen molar-refractivity contribution >= 4 is 21.9 Å². The first-order chi connectivity index (χ1) is 11.2. The molecule has 0 fully saturated rings. The Balaban J connectivity index is 1.69. The van der Waals surface area contributed by atoms with Crippen molar-refractivity contribution in [3.05, 3.63) is 54.1 Å². The first-order valence-corrected chi connectivity index (χ1v) is 8.29. The van der Waals surface area contributed by atoms with Crippen molar-refractivity contribution in [2.45, 2.75) is 11.6 Å². The van der Waals surface area contributed by atoms with Gasteiger partial charge in [-0.1, -0.05) is 12.1 Å². The van der Waals surface area contributed by atoms with Gasteiger partial charge in [-0.15, -0.1) is 0 Å². The molecular formula is C17H18N2O3S. The lowest BCUT2D eigenvalue weighted by Gasteiger charge is -2.04. The third-order valence-electron chi connectivity index (χ3n) is 3.57. The quantitative estimate of drug-likeness (QED) is 0.730. The molecule has 3 aromatic rings. The van der Waals surface area contributed by atoms with E-state index in [-0.39, 0.29) is 0 Å². The smallest absolute Gasteiger partial charge is 0.142 e. The minimum absolute atomic E-state index is 0.509. The van der Waals surface area contributed by atoms with E-state index in [4.69, 9.17) is 9.47 Å². The summed E-state index contributed by atoms with van der Waals surface area (Å²) in [5.41, 5.74) is 1.97. The monoisotopic (exact) mass is 330 g/mol. The van der Waals surface area contributed by atoms with Crippen LogP contribution in [0.5, 0.6) is 11.5 Å². The van der Waals surface area contributed by atoms with Crippen LogP contribution < -0.4 is 14.2 Å². The standard InChI is InChI=1S/C17H18N2O3S/c1-21-14-5-3-12(4-6-14)11-18-23(20)17-10-13-9-15(22-2)7-8-16(13)19-17/h3-10,18-19H,11H2,1-2H3. The van der Waals surface area contributed by atoms with Crippen LogP contribution in [0.4, 0.5) is 0 Å². The Morgan fingerprint density at radius 2 is 1.70 bits per heavy atom. The van der Waals surface area contributed by atoms with Crippen LogP contribution in [-0.4, -0.2) is 23.4 Å². The van der Waals surface area contributed by atoms with Gasteiger partial charge in [0.05, 0.1) is 14.2 Å². The summed E-state index contributed by atoms with van der Waals surface area (Å²) >= 11 is 0. The lowest BCUT2D eigenvalue weighted by atomic mass is 10.2. The maximum atomic E-state index is 12.4. The van der Waals surface area contributed by atoms with Crippen molar-refractivity contribution < 1.29 is 13.7 Å². The summed E-state index contributed by atoms with van der Waals surface area (Å²) in [6.45, 7) is 0.509. The topological polar surface area (TPSA) is 63.4 Å². The van der Waals surface area contributed by atoms with E-state index in [1.165, 1.54) is 0 Å². The molecule has 0 aliphatic rings. The Bertz CT molecular complexity index is 827. The maximum absolute atomic E-state index is 12.4. The van der Waals surface area contributed by atoms with Crippen LogP contribution in [0, 0.1) is 0 Å². The van der Waals surface area contributed by atoms with Gasteiger partial charge in [0.2, 0.25) is 0 Å². The molecule has 0 saturated heterocycles. The molecule has 120 valence electrons. The van der Waals surface area contributed by atoms with Gasteiger partial charge in [-0.05, 0) is 42.0 Å². The molecule has 0 spiro atoms. The third-order valence-corrected chi connectivity index (χ3v) is 4.60. The number of H-pyrrole nitrogens is 1. The number of hydrogen-bond acceptors (Lipinski definition) is 3. The second-order valence-electron chi connectivity index (χ2n) is 5.02. The zero-order valence-electron chi connectivity index (χ0n) is 13.0. The van der Waals surface area contributed by atoms with Crippen LogP contribution in [0.25, 0.3) is 10.9 Å². The number of benzene rings is 2. The van der Waals surface area contributed by atoms with E-state index in [0.717, 1.165) is 28.0 Å². The van der Waals surface area contributed by atoms with Gasteiger partial charge < -0.3 is 14.5 Å². The zero-order chi connectivity index (χ0) is 16.2. The van der Waals surface area contributed by atoms with Crippen molar-refractivity contribution in [2.75, 3.05) is 14.2 Å². The molecule has 2 aromatic carbocycles. The van der Waals surface area contributed by atoms with Crippen LogP contribution in [-0.2, 0) is 17.5 Å². The molecule has 6 heteroatoms. The second-order valence-corrected chi connectivity index (χ2v) is 6.29. The summed E-state index contributed by atoms with van der Waals surface area (Å²) in [4.78, 5) is 3.16. The van der Waals surface area contributed by atoms with Crippen LogP contribution in [0.3, 0.4) is 0 Å². The normalized spacial score (nSPS) is 12.3. The van der Waals surface area contributed by atoms with E-state index in [1.807, 2.05) is 48.5 Å². The van der Waals surface area contributed by atoms with E-state index < -0.39 is 11.0 Å². The Morgan fingerprint density at radius 1 is 1.00 bits per heavy atom. The highest BCUT2D eigenvalue weighted by molar-refractivity contribution is 7.83. The molecule has 5 nitrogen and oxygen atoms in total. The van der Waals surface area contributed by atoms with E-state index in [9.17, 15) is 4.21 Å². The molecule has 0 aliphatic carbocycles. The molecule has 0 bridgehead atoms. The fourth-order valence-electron chi connectivity index (χ4n) is 2.28. The molecule has 23 heavy (non-hydrogen) atoms. The van der Waals surface area contributed by atoms with Crippen molar-refractivity contribution in [3.8, 4) is 11.5 Å². The van der Waals surface area contributed by atoms with Crippen molar-refractivity contribution in [2.24, 2.45) is 0 Å². The molecule has 1 unspecified atom stereocenters. The fourth-order valence-corrected chi connectivity index (χ4v) is 3.17. The molecule has 1 aromatic heterocycles. The number of nitrogens with one attached hydrogen (secondary N) is 2. The first kappa shape index (κ1) is 15.6. The van der Waals surface area contributed by atoms with Crippen LogP contribution in [0.1, 0.15) is 5.56 Å². The highest BCUT2D eigenvalue weighted by Crippen LogP contribution is 2.22. The Morgan fingerprint density at radius 3 is 2.39 bits per heavy atom. The van der Waals surface area contributed by atoms with Crippen LogP contribution in [0.2, 0.25) is 0 Å². The lowest BCUT2D eigenvalue weighted by molar-refractivity contribution is 0.414. The zero-order valence-corrected chi connectivity index (χ0v) is 13.8. The Kier molecular flexibility index (Phi) is 4.64. The molecule has 0 amide bonds. The molecule has 2 N–H and O–H groups in total. The molecule has 0 radical (unpaired) electrons. The van der Waals surface area contributed by atoms with Gasteiger partial charge in [-0.25, -0.2) is 8.93 Å². The van der Waals surface area contributed by atoms with E-state index in [0.29, 0.717) is 11.6 Å². The van der Waals surface area contributed by atoms with E-state index >= 15 is 0 Å². The number of aromatic nitrogens is 1. The fraction of sp³-hybridized carbons (Fsp3) is 0.176. The molecule has 0 aliphatic heterocycles. The minimum Gasteiger partial charge on any atom is -0.497 e. The number of methoxy groups -OCH3 is 2. The van der Waals surface area contributed by atoms with Gasteiger partial charge in [0, 0.05) is 17.4 Å². The number of ether oxygens (including phenoxy) is 2. The van der Waals surface area contributed by atoms with Crippen molar-refractivity contribution in [3.63, 3.8) is 0 Å². The summed E-state index contributed by atoms with van der Waals surface area (Å²) in [5.74, 6) is 1.58. The van der Waals surface area contributed by atoms with Crippen molar-refractivity contribution in [1.82, 2.24) is 9.71 Å². The SMILES string of the molecule is COc1ccc(CNS(=O)c2cc3cc(OC)ccc3[nH]2)cc1. The maximum Gasteiger partial charge on any atom is 0.142 e. The van der Waals surface area contributed by atoms with Gasteiger partial charge in [-0.3, -0.25) is 0 Å². The Hall–Kier alpha value is -2.31.